The number of carboxylic acid groups (broad SMARTS) is 1. The molecule has 16 heavy (non-hydrogen) atoms. The van der Waals surface area contributed by atoms with Crippen LogP contribution in [0.1, 0.15) is 5.82 Å². The zero-order valence-electron chi connectivity index (χ0n) is 8.41. The second kappa shape index (κ2) is 3.76. The van der Waals surface area contributed by atoms with E-state index in [0.29, 0.717) is 5.82 Å². The van der Waals surface area contributed by atoms with E-state index in [-0.39, 0.29) is 18.5 Å². The predicted octanol–water partition coefficient (Wildman–Crippen LogP) is -1.88. The Balaban J connectivity index is 1.95. The quantitative estimate of drug-likeness (QED) is 0.518. The number of β-lactam (4-membered cyclic amide) rings is 1. The predicted molar refractivity (Wildman–Crippen MR) is 49.4 cm³/mol. The Bertz CT molecular complexity index is 430. The standard InChI is InChI=1S/C7H10N6O3/c1-3-10-12-13(11-3)2-4-5(6(14)8-4)9-7(15)16/h4-5,9H,2H2,1H3,(H,8,14)(H,15,16)/t4-,5-/m0/s1. The number of aryl methyl sites for hydroxylation is 1. The number of carbonyl (C=O) groups excluding carboxylic acids is 1. The second-order valence-corrected chi connectivity index (χ2v) is 3.43. The van der Waals surface area contributed by atoms with Gasteiger partial charge in [0.15, 0.2) is 5.82 Å². The highest BCUT2D eigenvalue weighted by molar-refractivity contribution is 5.91. The summed E-state index contributed by atoms with van der Waals surface area (Å²) in [4.78, 5) is 22.8. The molecule has 0 radical (unpaired) electrons. The van der Waals surface area contributed by atoms with Crippen molar-refractivity contribution in [3.63, 3.8) is 0 Å². The van der Waals surface area contributed by atoms with Gasteiger partial charge in [-0.2, -0.15) is 4.80 Å². The van der Waals surface area contributed by atoms with E-state index in [1.54, 1.807) is 6.92 Å². The fourth-order valence-electron chi connectivity index (χ4n) is 1.47. The minimum atomic E-state index is -1.23. The fourth-order valence-corrected chi connectivity index (χ4v) is 1.47. The van der Waals surface area contributed by atoms with Gasteiger partial charge in [0.2, 0.25) is 5.91 Å². The van der Waals surface area contributed by atoms with Crippen molar-refractivity contribution in [2.75, 3.05) is 0 Å². The van der Waals surface area contributed by atoms with Crippen LogP contribution in [0.4, 0.5) is 4.79 Å². The Labute approximate surface area is 89.8 Å². The molecule has 1 aromatic heterocycles. The van der Waals surface area contributed by atoms with Gasteiger partial charge in [-0.15, -0.1) is 10.2 Å². The van der Waals surface area contributed by atoms with E-state index in [4.69, 9.17) is 5.11 Å². The molecular formula is C7H10N6O3. The summed E-state index contributed by atoms with van der Waals surface area (Å²) in [5.74, 6) is 0.178. The van der Waals surface area contributed by atoms with Gasteiger partial charge in [0.05, 0.1) is 12.6 Å². The molecule has 0 saturated carbocycles. The van der Waals surface area contributed by atoms with Crippen LogP contribution in [0, 0.1) is 6.92 Å². The lowest BCUT2D eigenvalue weighted by Gasteiger charge is -2.35. The van der Waals surface area contributed by atoms with Crippen LogP contribution < -0.4 is 10.6 Å². The van der Waals surface area contributed by atoms with Crippen LogP contribution in [0.15, 0.2) is 0 Å². The van der Waals surface area contributed by atoms with Crippen molar-refractivity contribution in [1.82, 2.24) is 30.8 Å². The van der Waals surface area contributed by atoms with Crippen LogP contribution in [0.2, 0.25) is 0 Å². The Kier molecular flexibility index (Phi) is 2.43. The highest BCUT2D eigenvalue weighted by Crippen LogP contribution is 2.07. The van der Waals surface area contributed by atoms with E-state index in [1.807, 2.05) is 0 Å². The van der Waals surface area contributed by atoms with Crippen molar-refractivity contribution in [2.45, 2.75) is 25.6 Å². The monoisotopic (exact) mass is 226 g/mol. The molecule has 86 valence electrons. The van der Waals surface area contributed by atoms with Gasteiger partial charge in [0, 0.05) is 0 Å². The third kappa shape index (κ3) is 1.92. The number of nitrogens with one attached hydrogen (secondary N) is 2. The van der Waals surface area contributed by atoms with Gasteiger partial charge in [0.25, 0.3) is 0 Å². The molecule has 2 amide bonds. The Morgan fingerprint density at radius 2 is 2.44 bits per heavy atom. The summed E-state index contributed by atoms with van der Waals surface area (Å²) in [6.07, 6.45) is -1.23. The topological polar surface area (TPSA) is 122 Å². The molecule has 0 aliphatic carbocycles. The summed E-state index contributed by atoms with van der Waals surface area (Å²) in [6, 6.07) is -1.08. The van der Waals surface area contributed by atoms with Gasteiger partial charge in [-0.3, -0.25) is 4.79 Å². The molecule has 9 heteroatoms. The van der Waals surface area contributed by atoms with Crippen LogP contribution in [-0.4, -0.2) is 49.4 Å². The van der Waals surface area contributed by atoms with Crippen LogP contribution in [0.5, 0.6) is 0 Å². The first-order chi connectivity index (χ1) is 7.56. The molecule has 1 aliphatic heterocycles. The normalized spacial score (nSPS) is 23.4. The van der Waals surface area contributed by atoms with Crippen molar-refractivity contribution in [1.29, 1.82) is 0 Å². The van der Waals surface area contributed by atoms with Crippen molar-refractivity contribution in [3.05, 3.63) is 5.82 Å². The molecule has 2 atom stereocenters. The van der Waals surface area contributed by atoms with Crippen LogP contribution in [0.25, 0.3) is 0 Å². The van der Waals surface area contributed by atoms with Crippen LogP contribution >= 0.6 is 0 Å². The molecule has 0 unspecified atom stereocenters. The van der Waals surface area contributed by atoms with E-state index in [9.17, 15) is 9.59 Å². The first-order valence-electron chi connectivity index (χ1n) is 4.60. The molecule has 1 aromatic rings. The molecular weight excluding hydrogens is 216 g/mol. The Morgan fingerprint density at radius 3 is 2.94 bits per heavy atom. The number of nitrogens with zero attached hydrogens (tertiary/aromatic N) is 4. The number of rotatable bonds is 3. The fraction of sp³-hybridized carbons (Fsp3) is 0.571. The van der Waals surface area contributed by atoms with Crippen LogP contribution in [0.3, 0.4) is 0 Å². The first-order valence-corrected chi connectivity index (χ1v) is 4.60. The maximum absolute atomic E-state index is 11.1. The van der Waals surface area contributed by atoms with Gasteiger partial charge >= 0.3 is 6.09 Å². The molecule has 3 N–H and O–H groups in total. The van der Waals surface area contributed by atoms with E-state index in [2.05, 4.69) is 26.0 Å². The van der Waals surface area contributed by atoms with Crippen LogP contribution in [-0.2, 0) is 11.3 Å². The van der Waals surface area contributed by atoms with E-state index >= 15 is 0 Å². The highest BCUT2D eigenvalue weighted by atomic mass is 16.4. The molecule has 9 nitrogen and oxygen atoms in total. The molecule has 0 aromatic carbocycles. The Morgan fingerprint density at radius 1 is 1.69 bits per heavy atom. The first kappa shape index (κ1) is 10.3. The zero-order chi connectivity index (χ0) is 11.7. The van der Waals surface area contributed by atoms with Gasteiger partial charge in [-0.05, 0) is 12.1 Å². The number of tetrazole rings is 1. The molecule has 0 bridgehead atoms. The summed E-state index contributed by atoms with van der Waals surface area (Å²) >= 11 is 0. The maximum atomic E-state index is 11.1. The van der Waals surface area contributed by atoms with Gasteiger partial charge in [0.1, 0.15) is 6.04 Å². The Hall–Kier alpha value is -2.19. The number of amides is 2. The minimum Gasteiger partial charge on any atom is -0.465 e. The van der Waals surface area contributed by atoms with Gasteiger partial charge in [-0.1, -0.05) is 0 Å². The summed E-state index contributed by atoms with van der Waals surface area (Å²) in [5.41, 5.74) is 0. The zero-order valence-corrected chi connectivity index (χ0v) is 8.41. The summed E-state index contributed by atoms with van der Waals surface area (Å²) < 4.78 is 0. The summed E-state index contributed by atoms with van der Waals surface area (Å²) in [6.45, 7) is 1.98. The lowest BCUT2D eigenvalue weighted by molar-refractivity contribution is -0.131. The third-order valence-corrected chi connectivity index (χ3v) is 2.20. The van der Waals surface area contributed by atoms with E-state index in [0.717, 1.165) is 0 Å². The van der Waals surface area contributed by atoms with Crippen molar-refractivity contribution >= 4 is 12.0 Å². The summed E-state index contributed by atoms with van der Waals surface area (Å²) in [5, 5.41) is 24.5. The van der Waals surface area contributed by atoms with Crippen molar-refractivity contribution in [2.24, 2.45) is 0 Å². The SMILES string of the molecule is Cc1nnn(C[C@@H]2NC(=O)[C@H]2NC(=O)O)n1. The molecule has 1 fully saturated rings. The van der Waals surface area contributed by atoms with E-state index < -0.39 is 12.1 Å². The van der Waals surface area contributed by atoms with Crippen molar-refractivity contribution in [3.8, 4) is 0 Å². The highest BCUT2D eigenvalue weighted by Gasteiger charge is 2.41. The number of carbonyl (C=O) groups is 2. The lowest BCUT2D eigenvalue weighted by atomic mass is 9.99. The molecule has 1 aliphatic rings. The van der Waals surface area contributed by atoms with Gasteiger partial charge < -0.3 is 15.7 Å². The molecule has 0 spiro atoms. The maximum Gasteiger partial charge on any atom is 0.405 e. The average molecular weight is 226 g/mol. The smallest absolute Gasteiger partial charge is 0.405 e. The molecule has 2 rings (SSSR count). The number of aromatic nitrogens is 4. The largest absolute Gasteiger partial charge is 0.465 e. The third-order valence-electron chi connectivity index (χ3n) is 2.20. The van der Waals surface area contributed by atoms with Gasteiger partial charge in [-0.25, -0.2) is 4.79 Å². The van der Waals surface area contributed by atoms with E-state index in [1.165, 1.54) is 4.80 Å². The molecule has 1 saturated heterocycles. The number of hydrogen-bond donors (Lipinski definition) is 3. The minimum absolute atomic E-state index is 0.289. The number of hydrogen-bond acceptors (Lipinski definition) is 5. The average Bonchev–Trinajstić information content (AvgIpc) is 2.60. The van der Waals surface area contributed by atoms with Crippen molar-refractivity contribution < 1.29 is 14.7 Å². The molecule has 2 heterocycles. The summed E-state index contributed by atoms with van der Waals surface area (Å²) in [7, 11) is 0. The lowest BCUT2D eigenvalue weighted by Crippen LogP contribution is -2.70. The second-order valence-electron chi connectivity index (χ2n) is 3.43.